The van der Waals surface area contributed by atoms with Crippen molar-refractivity contribution in [2.75, 3.05) is 0 Å². The van der Waals surface area contributed by atoms with Crippen molar-refractivity contribution in [2.24, 2.45) is 10.5 Å². The maximum Gasteiger partial charge on any atom is 0.248 e. The van der Waals surface area contributed by atoms with Crippen LogP contribution in [0.1, 0.15) is 43.7 Å². The van der Waals surface area contributed by atoms with Crippen LogP contribution in [0.2, 0.25) is 0 Å². The van der Waals surface area contributed by atoms with E-state index in [1.54, 1.807) is 16.3 Å². The van der Waals surface area contributed by atoms with Crippen LogP contribution < -0.4 is 0 Å². The van der Waals surface area contributed by atoms with Crippen LogP contribution in [0.3, 0.4) is 0 Å². The number of benzene rings is 1. The van der Waals surface area contributed by atoms with Gasteiger partial charge in [-0.05, 0) is 29.1 Å². The molecule has 3 rings (SSSR count). The Balaban J connectivity index is 2.00. The molecule has 0 N–H and O–H groups in total. The molecule has 0 aliphatic carbocycles. The second-order valence-corrected chi connectivity index (χ2v) is 8.56. The van der Waals surface area contributed by atoms with Gasteiger partial charge in [0.25, 0.3) is 0 Å². The molecule has 0 fully saturated rings. The van der Waals surface area contributed by atoms with Crippen LogP contribution in [-0.4, -0.2) is 16.6 Å². The third kappa shape index (κ3) is 3.40. The number of amides is 1. The van der Waals surface area contributed by atoms with E-state index < -0.39 is 5.41 Å². The summed E-state index contributed by atoms with van der Waals surface area (Å²) in [6.45, 7) is 5.81. The number of carbonyl (C=O) groups excluding carboxylic acids is 1. The molecule has 0 saturated heterocycles. The van der Waals surface area contributed by atoms with Crippen molar-refractivity contribution in [3.63, 3.8) is 0 Å². The molecule has 23 heavy (non-hydrogen) atoms. The lowest BCUT2D eigenvalue weighted by molar-refractivity contribution is -0.141. The average Bonchev–Trinajstić information content (AvgIpc) is 3.14. The standard InChI is InChI=1S/C18H19BrN2OS/c1-18(2,3)17(22)21-15(12-6-4-7-13(19)10-12)11-14(20-21)16-8-5-9-23-16/h4-10,15H,11H2,1-3H3/t15-/m1/s1. The van der Waals surface area contributed by atoms with Gasteiger partial charge in [0, 0.05) is 16.3 Å². The Labute approximate surface area is 149 Å². The van der Waals surface area contributed by atoms with E-state index in [9.17, 15) is 4.79 Å². The van der Waals surface area contributed by atoms with Crippen LogP contribution in [0.4, 0.5) is 0 Å². The fourth-order valence-corrected chi connectivity index (χ4v) is 3.74. The van der Waals surface area contributed by atoms with E-state index in [0.29, 0.717) is 0 Å². The predicted molar refractivity (Wildman–Crippen MR) is 98.7 cm³/mol. The molecule has 0 saturated carbocycles. The Hall–Kier alpha value is -1.46. The predicted octanol–water partition coefficient (Wildman–Crippen LogP) is 5.23. The summed E-state index contributed by atoms with van der Waals surface area (Å²) in [6.07, 6.45) is 0.749. The average molecular weight is 391 g/mol. The number of hydrazone groups is 1. The lowest BCUT2D eigenvalue weighted by Gasteiger charge is -2.28. The fraction of sp³-hybridized carbons (Fsp3) is 0.333. The molecule has 1 aliphatic heterocycles. The van der Waals surface area contributed by atoms with E-state index in [4.69, 9.17) is 0 Å². The molecule has 0 unspecified atom stereocenters. The number of rotatable bonds is 2. The maximum absolute atomic E-state index is 12.9. The largest absolute Gasteiger partial charge is 0.272 e. The Bertz CT molecular complexity index is 747. The van der Waals surface area contributed by atoms with Crippen molar-refractivity contribution in [3.05, 3.63) is 56.7 Å². The van der Waals surface area contributed by atoms with Gasteiger partial charge in [0.2, 0.25) is 5.91 Å². The second-order valence-electron chi connectivity index (χ2n) is 6.70. The highest BCUT2D eigenvalue weighted by molar-refractivity contribution is 9.10. The third-order valence-electron chi connectivity index (χ3n) is 3.80. The SMILES string of the molecule is CC(C)(C)C(=O)N1N=C(c2cccs2)C[C@@H]1c1cccc(Br)c1. The Morgan fingerprint density at radius 3 is 2.70 bits per heavy atom. The molecule has 2 aromatic rings. The van der Waals surface area contributed by atoms with Crippen LogP contribution in [0, 0.1) is 5.41 Å². The molecule has 2 heterocycles. The molecule has 0 radical (unpaired) electrons. The zero-order chi connectivity index (χ0) is 16.6. The molecule has 1 amide bonds. The Kier molecular flexibility index (Phi) is 4.43. The summed E-state index contributed by atoms with van der Waals surface area (Å²) in [5.41, 5.74) is 1.63. The molecule has 0 bridgehead atoms. The summed E-state index contributed by atoms with van der Waals surface area (Å²) in [7, 11) is 0. The fourth-order valence-electron chi connectivity index (χ4n) is 2.61. The van der Waals surface area contributed by atoms with Crippen molar-refractivity contribution in [1.82, 2.24) is 5.01 Å². The minimum atomic E-state index is -0.460. The molecule has 0 spiro atoms. The quantitative estimate of drug-likeness (QED) is 0.690. The highest BCUT2D eigenvalue weighted by Gasteiger charge is 2.38. The van der Waals surface area contributed by atoms with Gasteiger partial charge in [-0.1, -0.05) is 54.9 Å². The van der Waals surface area contributed by atoms with Crippen LogP contribution in [0.25, 0.3) is 0 Å². The van der Waals surface area contributed by atoms with E-state index in [0.717, 1.165) is 27.0 Å². The highest BCUT2D eigenvalue weighted by Crippen LogP contribution is 2.37. The number of hydrogen-bond acceptors (Lipinski definition) is 3. The number of thiophene rings is 1. The lowest BCUT2D eigenvalue weighted by Crippen LogP contribution is -2.36. The zero-order valence-electron chi connectivity index (χ0n) is 13.4. The van der Waals surface area contributed by atoms with E-state index in [-0.39, 0.29) is 11.9 Å². The number of carbonyl (C=O) groups is 1. The first-order valence-corrected chi connectivity index (χ1v) is 9.24. The minimum Gasteiger partial charge on any atom is -0.272 e. The van der Waals surface area contributed by atoms with Gasteiger partial charge in [-0.3, -0.25) is 4.79 Å². The van der Waals surface area contributed by atoms with E-state index >= 15 is 0 Å². The Morgan fingerprint density at radius 1 is 1.30 bits per heavy atom. The zero-order valence-corrected chi connectivity index (χ0v) is 15.8. The summed E-state index contributed by atoms with van der Waals surface area (Å²) in [6, 6.07) is 12.2. The van der Waals surface area contributed by atoms with E-state index in [1.807, 2.05) is 44.4 Å². The highest BCUT2D eigenvalue weighted by atomic mass is 79.9. The second kappa shape index (κ2) is 6.21. The summed E-state index contributed by atoms with van der Waals surface area (Å²) in [5.74, 6) is 0.0500. The maximum atomic E-state index is 12.9. The molecule has 5 heteroatoms. The summed E-state index contributed by atoms with van der Waals surface area (Å²) < 4.78 is 1.02. The smallest absolute Gasteiger partial charge is 0.248 e. The number of hydrogen-bond donors (Lipinski definition) is 0. The number of halogens is 1. The van der Waals surface area contributed by atoms with E-state index in [2.05, 4.69) is 39.2 Å². The van der Waals surface area contributed by atoms with Gasteiger partial charge in [-0.15, -0.1) is 11.3 Å². The Morgan fingerprint density at radius 2 is 2.09 bits per heavy atom. The van der Waals surface area contributed by atoms with Gasteiger partial charge >= 0.3 is 0 Å². The van der Waals surface area contributed by atoms with Crippen molar-refractivity contribution < 1.29 is 4.79 Å². The topological polar surface area (TPSA) is 32.7 Å². The van der Waals surface area contributed by atoms with Crippen molar-refractivity contribution >= 4 is 38.9 Å². The molecule has 1 atom stereocenters. The van der Waals surface area contributed by atoms with Gasteiger partial charge in [0.15, 0.2) is 0 Å². The first-order chi connectivity index (χ1) is 10.9. The summed E-state index contributed by atoms with van der Waals surface area (Å²) >= 11 is 5.18. The van der Waals surface area contributed by atoms with E-state index in [1.165, 1.54) is 0 Å². The van der Waals surface area contributed by atoms with Gasteiger partial charge in [0.05, 0.1) is 16.6 Å². The molecule has 1 aromatic heterocycles. The van der Waals surface area contributed by atoms with Crippen molar-refractivity contribution in [3.8, 4) is 0 Å². The molecule has 1 aromatic carbocycles. The van der Waals surface area contributed by atoms with Gasteiger partial charge < -0.3 is 0 Å². The molecule has 120 valence electrons. The van der Waals surface area contributed by atoms with Crippen LogP contribution in [-0.2, 0) is 4.79 Å². The monoisotopic (exact) mass is 390 g/mol. The molecule has 1 aliphatic rings. The molecule has 3 nitrogen and oxygen atoms in total. The number of nitrogens with zero attached hydrogens (tertiary/aromatic N) is 2. The normalized spacial score (nSPS) is 18.2. The van der Waals surface area contributed by atoms with Gasteiger partial charge in [-0.25, -0.2) is 5.01 Å². The molecular weight excluding hydrogens is 372 g/mol. The van der Waals surface area contributed by atoms with Crippen LogP contribution in [0.15, 0.2) is 51.4 Å². The minimum absolute atomic E-state index is 0.0451. The molecular formula is C18H19BrN2OS. The van der Waals surface area contributed by atoms with Gasteiger partial charge in [-0.2, -0.15) is 5.10 Å². The third-order valence-corrected chi connectivity index (χ3v) is 5.21. The van der Waals surface area contributed by atoms with Crippen molar-refractivity contribution in [2.45, 2.75) is 33.2 Å². The first-order valence-electron chi connectivity index (χ1n) is 7.57. The van der Waals surface area contributed by atoms with Crippen molar-refractivity contribution in [1.29, 1.82) is 0 Å². The summed E-state index contributed by atoms with van der Waals surface area (Å²) in [4.78, 5) is 14.0. The van der Waals surface area contributed by atoms with Crippen LogP contribution in [0.5, 0.6) is 0 Å². The first kappa shape index (κ1) is 16.4. The van der Waals surface area contributed by atoms with Crippen LogP contribution >= 0.6 is 27.3 Å². The van der Waals surface area contributed by atoms with Gasteiger partial charge in [0.1, 0.15) is 0 Å². The summed E-state index contributed by atoms with van der Waals surface area (Å²) in [5, 5.41) is 8.40. The lowest BCUT2D eigenvalue weighted by atomic mass is 9.93.